The van der Waals surface area contributed by atoms with E-state index in [1.54, 1.807) is 0 Å². The van der Waals surface area contributed by atoms with Crippen LogP contribution in [0.4, 0.5) is 0 Å². The van der Waals surface area contributed by atoms with E-state index in [-0.39, 0.29) is 9.79 Å². The van der Waals surface area contributed by atoms with Gasteiger partial charge in [-0.3, -0.25) is 0 Å². The third-order valence-electron chi connectivity index (χ3n) is 1.90. The number of carbonyl (C=O) groups is 1. The second-order valence-corrected chi connectivity index (χ2v) is 7.24. The highest BCUT2D eigenvalue weighted by Gasteiger charge is 2.14. The van der Waals surface area contributed by atoms with Crippen molar-refractivity contribution in [1.82, 2.24) is 0 Å². The topological polar surface area (TPSA) is 85.3 Å². The molecule has 0 saturated heterocycles. The molecule has 0 unspecified atom stereocenters. The molecule has 0 aromatic heterocycles. The summed E-state index contributed by atoms with van der Waals surface area (Å²) in [4.78, 5) is 10.1. The van der Waals surface area contributed by atoms with E-state index in [0.717, 1.165) is 6.26 Å². The molecule has 0 spiro atoms. The molecule has 0 amide bonds. The molecule has 88 valence electrons. The smallest absolute Gasteiger partial charge is 0.185 e. The summed E-state index contributed by atoms with van der Waals surface area (Å²) in [5.41, 5.74) is 0. The molecular weight excluding hydrogens is 252 g/mol. The minimum atomic E-state index is -3.64. The zero-order valence-electron chi connectivity index (χ0n) is 8.45. The second kappa shape index (κ2) is 4.34. The Morgan fingerprint density at radius 2 is 1.44 bits per heavy atom. The van der Waals surface area contributed by atoms with Crippen molar-refractivity contribution in [3.05, 3.63) is 24.3 Å². The Balaban J connectivity index is 3.19. The normalized spacial score (nSPS) is 12.3. The van der Waals surface area contributed by atoms with E-state index in [1.807, 2.05) is 0 Å². The van der Waals surface area contributed by atoms with Gasteiger partial charge in [0, 0.05) is 6.26 Å². The molecule has 0 radical (unpaired) electrons. The summed E-state index contributed by atoms with van der Waals surface area (Å²) in [5, 5.41) is 0. The molecule has 16 heavy (non-hydrogen) atoms. The SMILES string of the molecule is CS(=O)(=O)c1ccc(S(=O)(=O)CC=O)cc1. The van der Waals surface area contributed by atoms with Crippen molar-refractivity contribution < 1.29 is 21.6 Å². The van der Waals surface area contributed by atoms with Crippen LogP contribution in [0, 0.1) is 0 Å². The van der Waals surface area contributed by atoms with Crippen LogP contribution in [0.25, 0.3) is 0 Å². The molecule has 0 aliphatic carbocycles. The minimum Gasteiger partial charge on any atom is -0.302 e. The van der Waals surface area contributed by atoms with Gasteiger partial charge in [0.05, 0.1) is 9.79 Å². The maximum absolute atomic E-state index is 11.4. The predicted molar refractivity (Wildman–Crippen MR) is 57.7 cm³/mol. The Morgan fingerprint density at radius 1 is 1.00 bits per heavy atom. The molecular formula is C9H10O5S2. The summed E-state index contributed by atoms with van der Waals surface area (Å²) in [6.45, 7) is 0. The van der Waals surface area contributed by atoms with Crippen LogP contribution in [0.3, 0.4) is 0 Å². The van der Waals surface area contributed by atoms with Crippen molar-refractivity contribution in [2.45, 2.75) is 9.79 Å². The van der Waals surface area contributed by atoms with Gasteiger partial charge in [-0.25, -0.2) is 16.8 Å². The third-order valence-corrected chi connectivity index (χ3v) is 4.59. The van der Waals surface area contributed by atoms with Gasteiger partial charge in [0.15, 0.2) is 19.7 Å². The largest absolute Gasteiger partial charge is 0.302 e. The molecule has 5 nitrogen and oxygen atoms in total. The van der Waals surface area contributed by atoms with Crippen LogP contribution in [0.5, 0.6) is 0 Å². The maximum Gasteiger partial charge on any atom is 0.185 e. The van der Waals surface area contributed by atoms with E-state index in [9.17, 15) is 21.6 Å². The van der Waals surface area contributed by atoms with Gasteiger partial charge in [-0.1, -0.05) is 0 Å². The summed E-state index contributed by atoms with van der Waals surface area (Å²) in [6, 6.07) is 4.75. The summed E-state index contributed by atoms with van der Waals surface area (Å²) in [7, 11) is -6.98. The standard InChI is InChI=1S/C9H10O5S2/c1-15(11,12)8-2-4-9(5-3-8)16(13,14)7-6-10/h2-6H,7H2,1H3. The highest BCUT2D eigenvalue weighted by atomic mass is 32.2. The van der Waals surface area contributed by atoms with Crippen LogP contribution >= 0.6 is 0 Å². The van der Waals surface area contributed by atoms with E-state index in [1.165, 1.54) is 24.3 Å². The fourth-order valence-corrected chi connectivity index (χ4v) is 2.63. The van der Waals surface area contributed by atoms with E-state index >= 15 is 0 Å². The van der Waals surface area contributed by atoms with Crippen molar-refractivity contribution in [1.29, 1.82) is 0 Å². The number of carbonyl (C=O) groups excluding carboxylic acids is 1. The third kappa shape index (κ3) is 2.89. The van der Waals surface area contributed by atoms with Crippen LogP contribution in [-0.4, -0.2) is 35.1 Å². The van der Waals surface area contributed by atoms with Crippen molar-refractivity contribution >= 4 is 26.0 Å². The Bertz CT molecular complexity index is 581. The molecule has 1 aromatic rings. The van der Waals surface area contributed by atoms with Crippen LogP contribution in [0.1, 0.15) is 0 Å². The molecule has 0 aliphatic heterocycles. The van der Waals surface area contributed by atoms with Crippen LogP contribution < -0.4 is 0 Å². The molecule has 1 aromatic carbocycles. The highest BCUT2D eigenvalue weighted by molar-refractivity contribution is 7.92. The van der Waals surface area contributed by atoms with Gasteiger partial charge in [0.1, 0.15) is 12.0 Å². The van der Waals surface area contributed by atoms with Crippen molar-refractivity contribution in [3.63, 3.8) is 0 Å². The number of hydrogen-bond acceptors (Lipinski definition) is 5. The Kier molecular flexibility index (Phi) is 3.49. The average molecular weight is 262 g/mol. The van der Waals surface area contributed by atoms with Gasteiger partial charge in [-0.15, -0.1) is 0 Å². The summed E-state index contributed by atoms with van der Waals surface area (Å²) < 4.78 is 45.1. The van der Waals surface area contributed by atoms with Gasteiger partial charge in [-0.2, -0.15) is 0 Å². The molecule has 0 saturated carbocycles. The summed E-state index contributed by atoms with van der Waals surface area (Å²) in [5.74, 6) is -0.606. The first-order chi connectivity index (χ1) is 7.27. The lowest BCUT2D eigenvalue weighted by Gasteiger charge is -2.02. The molecule has 0 N–H and O–H groups in total. The van der Waals surface area contributed by atoms with E-state index in [4.69, 9.17) is 0 Å². The summed E-state index contributed by atoms with van der Waals surface area (Å²) >= 11 is 0. The van der Waals surface area contributed by atoms with Crippen molar-refractivity contribution in [2.24, 2.45) is 0 Å². The molecule has 0 bridgehead atoms. The van der Waals surface area contributed by atoms with Gasteiger partial charge in [0.25, 0.3) is 0 Å². The number of rotatable bonds is 4. The fraction of sp³-hybridized carbons (Fsp3) is 0.222. The lowest BCUT2D eigenvalue weighted by molar-refractivity contribution is -0.105. The number of benzene rings is 1. The number of aldehydes is 1. The van der Waals surface area contributed by atoms with E-state index in [0.29, 0.717) is 6.29 Å². The fourth-order valence-electron chi connectivity index (χ4n) is 1.08. The van der Waals surface area contributed by atoms with Crippen LogP contribution in [-0.2, 0) is 24.5 Å². The Labute approximate surface area is 93.9 Å². The highest BCUT2D eigenvalue weighted by Crippen LogP contribution is 2.15. The first kappa shape index (κ1) is 12.9. The van der Waals surface area contributed by atoms with E-state index in [2.05, 4.69) is 0 Å². The van der Waals surface area contributed by atoms with Gasteiger partial charge in [-0.05, 0) is 24.3 Å². The zero-order valence-corrected chi connectivity index (χ0v) is 10.1. The molecule has 7 heteroatoms. The van der Waals surface area contributed by atoms with Gasteiger partial charge >= 0.3 is 0 Å². The monoisotopic (exact) mass is 262 g/mol. The number of sulfone groups is 2. The van der Waals surface area contributed by atoms with Crippen LogP contribution in [0.2, 0.25) is 0 Å². The molecule has 0 aliphatic rings. The first-order valence-electron chi connectivity index (χ1n) is 4.24. The van der Waals surface area contributed by atoms with Crippen LogP contribution in [0.15, 0.2) is 34.1 Å². The minimum absolute atomic E-state index is 0.0394. The zero-order chi connectivity index (χ0) is 12.4. The predicted octanol–water partition coefficient (Wildman–Crippen LogP) is 0.0627. The first-order valence-corrected chi connectivity index (χ1v) is 7.78. The van der Waals surface area contributed by atoms with Gasteiger partial charge in [0.2, 0.25) is 0 Å². The molecule has 0 atom stereocenters. The molecule has 0 heterocycles. The second-order valence-electron chi connectivity index (χ2n) is 3.19. The van der Waals surface area contributed by atoms with E-state index < -0.39 is 25.4 Å². The lowest BCUT2D eigenvalue weighted by atomic mass is 10.4. The average Bonchev–Trinajstić information content (AvgIpc) is 2.16. The quantitative estimate of drug-likeness (QED) is 0.716. The molecule has 1 rings (SSSR count). The van der Waals surface area contributed by atoms with Gasteiger partial charge < -0.3 is 4.79 Å². The Morgan fingerprint density at radius 3 is 1.81 bits per heavy atom. The maximum atomic E-state index is 11.4. The van der Waals surface area contributed by atoms with Crippen molar-refractivity contribution in [3.8, 4) is 0 Å². The lowest BCUT2D eigenvalue weighted by Crippen LogP contribution is -2.08. The number of hydrogen-bond donors (Lipinski definition) is 0. The van der Waals surface area contributed by atoms with Crippen molar-refractivity contribution in [2.75, 3.05) is 12.0 Å². The molecule has 0 fully saturated rings. The summed E-state index contributed by atoms with van der Waals surface area (Å²) in [6.07, 6.45) is 1.32. The Hall–Kier alpha value is -1.21.